The summed E-state index contributed by atoms with van der Waals surface area (Å²) in [4.78, 5) is 4.46. The summed E-state index contributed by atoms with van der Waals surface area (Å²) in [6.07, 6.45) is -4.92. The molecule has 0 aliphatic heterocycles. The molecule has 0 aliphatic rings. The predicted octanol–water partition coefficient (Wildman–Crippen LogP) is 6.70. The third-order valence-electron chi connectivity index (χ3n) is 4.25. The largest absolute Gasteiger partial charge is 0.573 e. The average molecular weight is 461 g/mol. The van der Waals surface area contributed by atoms with Crippen molar-refractivity contribution in [2.45, 2.75) is 6.36 Å². The van der Waals surface area contributed by atoms with Crippen LogP contribution in [0.2, 0.25) is 0 Å². The summed E-state index contributed by atoms with van der Waals surface area (Å²) in [5.74, 6) is -0.548. The number of alkyl halides is 3. The molecule has 0 amide bonds. The van der Waals surface area contributed by atoms with Gasteiger partial charge in [-0.05, 0) is 48.5 Å². The van der Waals surface area contributed by atoms with Crippen LogP contribution in [-0.4, -0.2) is 28.7 Å². The lowest BCUT2D eigenvalue weighted by atomic mass is 10.2. The number of phenols is 2. The van der Waals surface area contributed by atoms with Crippen LogP contribution in [0.25, 0.3) is 20.8 Å². The number of phenolic OH excluding ortho intramolecular Hbond substituents is 2. The van der Waals surface area contributed by atoms with Crippen molar-refractivity contribution < 1.29 is 32.9 Å². The molecular formula is C21H14F3N3O4S. The van der Waals surface area contributed by atoms with E-state index in [-0.39, 0.29) is 28.6 Å². The number of halogens is 3. The van der Waals surface area contributed by atoms with Crippen LogP contribution < -0.4 is 9.47 Å². The maximum Gasteiger partial charge on any atom is 0.573 e. The van der Waals surface area contributed by atoms with Gasteiger partial charge in [-0.1, -0.05) is 0 Å². The van der Waals surface area contributed by atoms with Gasteiger partial charge in [-0.3, -0.25) is 0 Å². The number of aromatic hydroxyl groups is 2. The number of aromatic nitrogens is 1. The van der Waals surface area contributed by atoms with Gasteiger partial charge in [0.2, 0.25) is 0 Å². The first kappa shape index (κ1) is 21.4. The Morgan fingerprint density at radius 3 is 2.41 bits per heavy atom. The van der Waals surface area contributed by atoms with Gasteiger partial charge in [0.15, 0.2) is 5.75 Å². The molecule has 4 aromatic rings. The topological polar surface area (TPSA) is 96.5 Å². The van der Waals surface area contributed by atoms with Gasteiger partial charge in [0.1, 0.15) is 33.6 Å². The minimum absolute atomic E-state index is 0.0429. The Morgan fingerprint density at radius 1 is 0.938 bits per heavy atom. The first-order valence-electron chi connectivity index (χ1n) is 9.00. The van der Waals surface area contributed by atoms with Crippen LogP contribution in [0, 0.1) is 0 Å². The van der Waals surface area contributed by atoms with Crippen molar-refractivity contribution in [3.63, 3.8) is 0 Å². The van der Waals surface area contributed by atoms with Crippen LogP contribution in [0.5, 0.6) is 23.0 Å². The minimum Gasteiger partial charge on any atom is -0.508 e. The number of hydrogen-bond donors (Lipinski definition) is 2. The van der Waals surface area contributed by atoms with E-state index in [9.17, 15) is 23.4 Å². The number of benzene rings is 3. The molecule has 0 atom stereocenters. The van der Waals surface area contributed by atoms with Crippen molar-refractivity contribution >= 4 is 32.9 Å². The van der Waals surface area contributed by atoms with Crippen LogP contribution in [0.15, 0.2) is 64.8 Å². The molecule has 0 saturated heterocycles. The van der Waals surface area contributed by atoms with Crippen LogP contribution in [0.1, 0.15) is 0 Å². The van der Waals surface area contributed by atoms with Gasteiger partial charge in [-0.2, -0.15) is 0 Å². The summed E-state index contributed by atoms with van der Waals surface area (Å²) in [7, 11) is 1.31. The second-order valence-electron chi connectivity index (χ2n) is 6.46. The molecule has 3 aromatic carbocycles. The van der Waals surface area contributed by atoms with Crippen molar-refractivity contribution in [2.75, 3.05) is 7.11 Å². The second kappa shape index (κ2) is 8.35. The highest BCUT2D eigenvalue weighted by atomic mass is 32.1. The SMILES string of the molecule is COc1ccc(/N=N/c2ccc(-c3nc4ccc(O)cc4s3)cc2O)c(OC(F)(F)F)c1. The number of rotatable bonds is 5. The number of hydrogen-bond acceptors (Lipinski definition) is 8. The van der Waals surface area contributed by atoms with Gasteiger partial charge in [-0.15, -0.1) is 34.7 Å². The summed E-state index contributed by atoms with van der Waals surface area (Å²) in [6.45, 7) is 0. The fourth-order valence-electron chi connectivity index (χ4n) is 2.80. The normalized spacial score (nSPS) is 11.9. The van der Waals surface area contributed by atoms with E-state index in [0.29, 0.717) is 16.1 Å². The molecule has 1 heterocycles. The van der Waals surface area contributed by atoms with Crippen LogP contribution in [-0.2, 0) is 0 Å². The molecule has 0 radical (unpaired) electrons. The summed E-state index contributed by atoms with van der Waals surface area (Å²) in [5.41, 5.74) is 1.15. The molecule has 164 valence electrons. The van der Waals surface area contributed by atoms with Crippen LogP contribution >= 0.6 is 11.3 Å². The van der Waals surface area contributed by atoms with E-state index in [4.69, 9.17) is 4.74 Å². The Bertz CT molecular complexity index is 1320. The van der Waals surface area contributed by atoms with Gasteiger partial charge in [0.05, 0.1) is 17.3 Å². The Kier molecular flexibility index (Phi) is 5.57. The van der Waals surface area contributed by atoms with E-state index in [2.05, 4.69) is 19.9 Å². The molecular weight excluding hydrogens is 447 g/mol. The fourth-order valence-corrected chi connectivity index (χ4v) is 3.79. The Morgan fingerprint density at radius 2 is 1.69 bits per heavy atom. The third-order valence-corrected chi connectivity index (χ3v) is 5.32. The van der Waals surface area contributed by atoms with Gasteiger partial charge in [-0.25, -0.2) is 4.98 Å². The standard InChI is InChI=1S/C21H14F3N3O4S/c1-30-13-4-7-15(18(10-13)31-21(22,23)24)27-26-14-5-2-11(8-17(14)29)20-25-16-6-3-12(28)9-19(16)32-20/h2-10,28-29H,1H3/b27-26+. The summed E-state index contributed by atoms with van der Waals surface area (Å²) in [6, 6.07) is 13.0. The first-order chi connectivity index (χ1) is 15.2. The second-order valence-corrected chi connectivity index (χ2v) is 7.49. The fraction of sp³-hybridized carbons (Fsp3) is 0.0952. The van der Waals surface area contributed by atoms with Crippen LogP contribution in [0.4, 0.5) is 24.5 Å². The molecule has 0 bridgehead atoms. The highest BCUT2D eigenvalue weighted by Crippen LogP contribution is 2.39. The van der Waals surface area contributed by atoms with E-state index < -0.39 is 12.1 Å². The van der Waals surface area contributed by atoms with Gasteiger partial charge < -0.3 is 19.7 Å². The van der Waals surface area contributed by atoms with Crippen molar-refractivity contribution in [1.29, 1.82) is 0 Å². The number of nitrogens with zero attached hydrogens (tertiary/aromatic N) is 3. The predicted molar refractivity (Wildman–Crippen MR) is 112 cm³/mol. The quantitative estimate of drug-likeness (QED) is 0.323. The lowest BCUT2D eigenvalue weighted by Gasteiger charge is -2.11. The van der Waals surface area contributed by atoms with E-state index in [1.807, 2.05) is 0 Å². The zero-order chi connectivity index (χ0) is 22.9. The average Bonchev–Trinajstić information content (AvgIpc) is 3.15. The molecule has 0 saturated carbocycles. The number of fused-ring (bicyclic) bond motifs is 1. The Labute approximate surface area is 183 Å². The van der Waals surface area contributed by atoms with Crippen molar-refractivity contribution in [3.05, 3.63) is 54.6 Å². The number of ether oxygens (including phenoxy) is 2. The summed E-state index contributed by atoms with van der Waals surface area (Å²) < 4.78 is 47.8. The molecule has 1 aromatic heterocycles. The zero-order valence-corrected chi connectivity index (χ0v) is 17.1. The lowest BCUT2D eigenvalue weighted by molar-refractivity contribution is -0.274. The molecule has 7 nitrogen and oxygen atoms in total. The summed E-state index contributed by atoms with van der Waals surface area (Å²) >= 11 is 1.33. The third kappa shape index (κ3) is 4.72. The monoisotopic (exact) mass is 461 g/mol. The number of thiazole rings is 1. The first-order valence-corrected chi connectivity index (χ1v) is 9.82. The smallest absolute Gasteiger partial charge is 0.508 e. The van der Waals surface area contributed by atoms with Crippen molar-refractivity contribution in [3.8, 4) is 33.6 Å². The number of methoxy groups -OCH3 is 1. The molecule has 2 N–H and O–H groups in total. The molecule has 0 unspecified atom stereocenters. The highest BCUT2D eigenvalue weighted by molar-refractivity contribution is 7.21. The molecule has 32 heavy (non-hydrogen) atoms. The molecule has 4 rings (SSSR count). The molecule has 0 spiro atoms. The minimum atomic E-state index is -4.92. The van der Waals surface area contributed by atoms with Gasteiger partial charge in [0.25, 0.3) is 0 Å². The maximum atomic E-state index is 12.7. The molecule has 0 fully saturated rings. The van der Waals surface area contributed by atoms with Crippen molar-refractivity contribution in [1.82, 2.24) is 4.98 Å². The van der Waals surface area contributed by atoms with E-state index in [0.717, 1.165) is 10.8 Å². The molecule has 0 aliphatic carbocycles. The van der Waals surface area contributed by atoms with Gasteiger partial charge in [0, 0.05) is 11.6 Å². The molecule has 11 heteroatoms. The van der Waals surface area contributed by atoms with E-state index in [1.165, 1.54) is 48.8 Å². The zero-order valence-electron chi connectivity index (χ0n) is 16.3. The van der Waals surface area contributed by atoms with Crippen LogP contribution in [0.3, 0.4) is 0 Å². The van der Waals surface area contributed by atoms with Crippen molar-refractivity contribution in [2.24, 2.45) is 10.2 Å². The number of azo groups is 1. The van der Waals surface area contributed by atoms with E-state index in [1.54, 1.807) is 18.2 Å². The Balaban J connectivity index is 1.62. The van der Waals surface area contributed by atoms with E-state index >= 15 is 0 Å². The summed E-state index contributed by atoms with van der Waals surface area (Å²) in [5, 5.41) is 28.2. The maximum absolute atomic E-state index is 12.7. The lowest BCUT2D eigenvalue weighted by Crippen LogP contribution is -2.17. The van der Waals surface area contributed by atoms with Gasteiger partial charge >= 0.3 is 6.36 Å². The highest BCUT2D eigenvalue weighted by Gasteiger charge is 2.32. The Hall–Kier alpha value is -3.86.